The average Bonchev–Trinajstić information content (AvgIpc) is 3.18. The largest absolute Gasteiger partial charge is 0.300 e. The van der Waals surface area contributed by atoms with Crippen molar-refractivity contribution in [1.82, 2.24) is 25.4 Å². The second kappa shape index (κ2) is 10.8. The molecule has 2 N–H and O–H groups in total. The van der Waals surface area contributed by atoms with E-state index in [1.54, 1.807) is 12.4 Å². The number of hydrogen-bond acceptors (Lipinski definition) is 9. The number of rotatable bonds is 10. The minimum Gasteiger partial charge on any atom is -0.300 e. The molecule has 0 unspecified atom stereocenters. The minimum atomic E-state index is -0.132. The number of carbonyl (C=O) groups is 2. The van der Waals surface area contributed by atoms with Gasteiger partial charge in [0.2, 0.25) is 22.1 Å². The molecular formula is C24H23N7O2S2. The van der Waals surface area contributed by atoms with E-state index in [0.717, 1.165) is 40.4 Å². The van der Waals surface area contributed by atoms with E-state index in [9.17, 15) is 9.59 Å². The number of nitrogens with zero attached hydrogens (tertiary/aromatic N) is 5. The van der Waals surface area contributed by atoms with Crippen LogP contribution in [0.25, 0.3) is 0 Å². The number of anilines is 2. The highest BCUT2D eigenvalue weighted by molar-refractivity contribution is 7.15. The van der Waals surface area contributed by atoms with Crippen LogP contribution in [0.1, 0.15) is 27.6 Å². The van der Waals surface area contributed by atoms with Crippen molar-refractivity contribution in [3.8, 4) is 0 Å². The summed E-state index contributed by atoms with van der Waals surface area (Å²) in [6.07, 6.45) is 6.69. The van der Waals surface area contributed by atoms with E-state index in [2.05, 4.69) is 36.0 Å². The first-order valence-electron chi connectivity index (χ1n) is 11.3. The maximum Gasteiger partial charge on any atom is 0.230 e. The number of hydrogen-bond donors (Lipinski definition) is 2. The molecule has 2 atom stereocenters. The molecule has 0 saturated heterocycles. The monoisotopic (exact) mass is 505 g/mol. The molecule has 11 heteroatoms. The van der Waals surface area contributed by atoms with Gasteiger partial charge in [0.1, 0.15) is 10.0 Å². The number of amides is 2. The predicted octanol–water partition coefficient (Wildman–Crippen LogP) is 3.57. The van der Waals surface area contributed by atoms with Gasteiger partial charge in [0.15, 0.2) is 0 Å². The first-order chi connectivity index (χ1) is 17.1. The summed E-state index contributed by atoms with van der Waals surface area (Å²) in [4.78, 5) is 28.5. The molecule has 1 aromatic carbocycles. The van der Waals surface area contributed by atoms with Crippen molar-refractivity contribution < 1.29 is 9.59 Å². The van der Waals surface area contributed by atoms with Gasteiger partial charge in [-0.25, -0.2) is 0 Å². The lowest BCUT2D eigenvalue weighted by molar-refractivity contribution is -0.116. The van der Waals surface area contributed by atoms with Gasteiger partial charge < -0.3 is 10.6 Å². The lowest BCUT2D eigenvalue weighted by Crippen LogP contribution is -2.14. The molecular weight excluding hydrogens is 482 g/mol. The first-order valence-corrected chi connectivity index (χ1v) is 12.9. The molecule has 3 heterocycles. The predicted molar refractivity (Wildman–Crippen MR) is 134 cm³/mol. The van der Waals surface area contributed by atoms with Crippen LogP contribution in [0.5, 0.6) is 0 Å². The fourth-order valence-electron chi connectivity index (χ4n) is 3.83. The zero-order chi connectivity index (χ0) is 24.0. The van der Waals surface area contributed by atoms with Gasteiger partial charge in [-0.15, -0.1) is 20.4 Å². The maximum atomic E-state index is 12.2. The normalized spacial score (nSPS) is 16.6. The van der Waals surface area contributed by atoms with Crippen LogP contribution in [0.4, 0.5) is 10.3 Å². The molecule has 0 radical (unpaired) electrons. The molecule has 178 valence electrons. The Labute approximate surface area is 210 Å². The van der Waals surface area contributed by atoms with Crippen LogP contribution < -0.4 is 10.6 Å². The van der Waals surface area contributed by atoms with Gasteiger partial charge in [-0.05, 0) is 35.4 Å². The third-order valence-corrected chi connectivity index (χ3v) is 7.39. The fraction of sp³-hybridized carbons (Fsp3) is 0.292. The summed E-state index contributed by atoms with van der Waals surface area (Å²) in [7, 11) is 0. The van der Waals surface area contributed by atoms with Crippen molar-refractivity contribution in [2.45, 2.75) is 32.1 Å². The van der Waals surface area contributed by atoms with Crippen LogP contribution in [-0.2, 0) is 35.3 Å². The summed E-state index contributed by atoms with van der Waals surface area (Å²) in [5.41, 5.74) is 1.81. The lowest BCUT2D eigenvalue weighted by Gasteiger charge is -2.00. The Kier molecular flexibility index (Phi) is 7.15. The molecule has 4 aromatic rings. The number of aromatic nitrogens is 5. The number of benzene rings is 1. The van der Waals surface area contributed by atoms with Gasteiger partial charge in [0.25, 0.3) is 0 Å². The highest BCUT2D eigenvalue weighted by Crippen LogP contribution is 2.44. The second-order valence-electron chi connectivity index (χ2n) is 8.46. The van der Waals surface area contributed by atoms with E-state index in [0.29, 0.717) is 28.5 Å². The molecule has 9 nitrogen and oxygen atoms in total. The lowest BCUT2D eigenvalue weighted by atomic mass is 10.1. The Hall–Kier alpha value is -3.57. The van der Waals surface area contributed by atoms with Crippen LogP contribution in [0, 0.1) is 11.8 Å². The number of carbonyl (C=O) groups excluding carboxylic acids is 2. The topological polar surface area (TPSA) is 123 Å². The highest BCUT2D eigenvalue weighted by Gasteiger charge is 2.38. The molecule has 2 amide bonds. The fourth-order valence-corrected chi connectivity index (χ4v) is 5.53. The molecule has 0 aliphatic heterocycles. The SMILES string of the molecule is O=C(Cc1ccccc1)Nc1nnc(C[C@@H]2C[C@H]2Cc2nnc(NC(=O)Cc3cccnc3)s2)s1. The Bertz CT molecular complexity index is 1190. The van der Waals surface area contributed by atoms with E-state index < -0.39 is 0 Å². The van der Waals surface area contributed by atoms with Crippen molar-refractivity contribution in [2.75, 3.05) is 10.6 Å². The van der Waals surface area contributed by atoms with Gasteiger partial charge in [0, 0.05) is 25.2 Å². The third kappa shape index (κ3) is 6.74. The number of nitrogens with one attached hydrogen (secondary N) is 2. The van der Waals surface area contributed by atoms with E-state index in [4.69, 9.17) is 0 Å². The van der Waals surface area contributed by atoms with Crippen LogP contribution >= 0.6 is 22.7 Å². The van der Waals surface area contributed by atoms with Gasteiger partial charge >= 0.3 is 0 Å². The van der Waals surface area contributed by atoms with E-state index in [1.165, 1.54) is 22.7 Å². The van der Waals surface area contributed by atoms with Gasteiger partial charge in [-0.2, -0.15) is 0 Å². The van der Waals surface area contributed by atoms with Crippen LogP contribution in [0.15, 0.2) is 54.9 Å². The molecule has 5 rings (SSSR count). The summed E-state index contributed by atoms with van der Waals surface area (Å²) in [5.74, 6) is 0.806. The van der Waals surface area contributed by atoms with Crippen LogP contribution in [-0.4, -0.2) is 37.2 Å². The second-order valence-corrected chi connectivity index (χ2v) is 10.6. The molecule has 1 saturated carbocycles. The minimum absolute atomic E-state index is 0.0946. The molecule has 0 bridgehead atoms. The molecule has 1 aliphatic rings. The zero-order valence-electron chi connectivity index (χ0n) is 18.8. The van der Waals surface area contributed by atoms with Crippen molar-refractivity contribution in [2.24, 2.45) is 11.8 Å². The standard InChI is InChI=1S/C24H23N7O2S2/c32-19(9-15-5-2-1-3-6-15)26-23-30-28-21(34-23)12-17-11-18(17)13-22-29-31-24(35-22)27-20(33)10-16-7-4-8-25-14-16/h1-8,14,17-18H,9-13H2,(H,26,30,32)(H,27,31,33)/t17-,18-/m0/s1. The Morgan fingerprint density at radius 2 is 1.34 bits per heavy atom. The zero-order valence-corrected chi connectivity index (χ0v) is 20.4. The number of pyridine rings is 1. The van der Waals surface area contributed by atoms with Gasteiger partial charge in [0.05, 0.1) is 12.8 Å². The van der Waals surface area contributed by atoms with Crippen LogP contribution in [0.3, 0.4) is 0 Å². The Morgan fingerprint density at radius 3 is 1.91 bits per heavy atom. The third-order valence-electron chi connectivity index (χ3n) is 5.66. The van der Waals surface area contributed by atoms with Crippen molar-refractivity contribution in [3.63, 3.8) is 0 Å². The molecule has 1 fully saturated rings. The first kappa shape index (κ1) is 23.2. The Balaban J connectivity index is 1.05. The summed E-state index contributed by atoms with van der Waals surface area (Å²) in [6.45, 7) is 0. The molecule has 0 spiro atoms. The van der Waals surface area contributed by atoms with Gasteiger partial charge in [-0.1, -0.05) is 59.1 Å². The molecule has 35 heavy (non-hydrogen) atoms. The molecule has 3 aromatic heterocycles. The highest BCUT2D eigenvalue weighted by atomic mass is 32.1. The molecule has 1 aliphatic carbocycles. The van der Waals surface area contributed by atoms with E-state index >= 15 is 0 Å². The average molecular weight is 506 g/mol. The summed E-state index contributed by atoms with van der Waals surface area (Å²) >= 11 is 2.85. The summed E-state index contributed by atoms with van der Waals surface area (Å²) in [6, 6.07) is 13.3. The maximum absolute atomic E-state index is 12.2. The van der Waals surface area contributed by atoms with Gasteiger partial charge in [-0.3, -0.25) is 14.6 Å². The summed E-state index contributed by atoms with van der Waals surface area (Å²) in [5, 5.41) is 25.3. The van der Waals surface area contributed by atoms with Crippen LogP contribution in [0.2, 0.25) is 0 Å². The van der Waals surface area contributed by atoms with Crippen molar-refractivity contribution in [1.29, 1.82) is 0 Å². The van der Waals surface area contributed by atoms with E-state index in [-0.39, 0.29) is 18.2 Å². The quantitative estimate of drug-likeness (QED) is 0.338. The van der Waals surface area contributed by atoms with Crippen molar-refractivity contribution >= 4 is 44.8 Å². The summed E-state index contributed by atoms with van der Waals surface area (Å²) < 4.78 is 0. The van der Waals surface area contributed by atoms with Crippen molar-refractivity contribution in [3.05, 3.63) is 76.0 Å². The Morgan fingerprint density at radius 1 is 0.771 bits per heavy atom. The smallest absolute Gasteiger partial charge is 0.230 e. The van der Waals surface area contributed by atoms with E-state index in [1.807, 2.05) is 42.5 Å².